The average molecular weight is 318 g/mol. The summed E-state index contributed by atoms with van der Waals surface area (Å²) in [6.45, 7) is -0.0770. The van der Waals surface area contributed by atoms with Crippen LogP contribution in [-0.4, -0.2) is 35.6 Å². The minimum atomic E-state index is -4.44. The smallest absolute Gasteiger partial charge is 0.329 e. The number of nitrogens with zero attached hydrogens (tertiary/aromatic N) is 1. The summed E-state index contributed by atoms with van der Waals surface area (Å²) in [5, 5.41) is 0. The Labute approximate surface area is 126 Å². The van der Waals surface area contributed by atoms with Gasteiger partial charge in [-0.05, 0) is 37.0 Å². The lowest BCUT2D eigenvalue weighted by Gasteiger charge is -2.39. The number of carbonyl (C=O) groups excluding carboxylic acids is 1. The Kier molecular flexibility index (Phi) is 5.05. The molecular weight excluding hydrogens is 300 g/mol. The van der Waals surface area contributed by atoms with E-state index in [0.717, 1.165) is 4.90 Å². The third-order valence-corrected chi connectivity index (χ3v) is 3.86. The molecule has 1 aromatic carbocycles. The summed E-state index contributed by atoms with van der Waals surface area (Å²) in [5.41, 5.74) is 6.40. The van der Waals surface area contributed by atoms with Gasteiger partial charge in [-0.15, -0.1) is 0 Å². The number of amides is 1. The molecular formula is C15H18F4N2O. The van der Waals surface area contributed by atoms with Crippen LogP contribution >= 0.6 is 0 Å². The highest BCUT2D eigenvalue weighted by atomic mass is 19.4. The predicted molar refractivity (Wildman–Crippen MR) is 73.5 cm³/mol. The second kappa shape index (κ2) is 6.64. The van der Waals surface area contributed by atoms with Crippen molar-refractivity contribution < 1.29 is 22.4 Å². The Morgan fingerprint density at radius 1 is 1.23 bits per heavy atom. The molecule has 1 heterocycles. The van der Waals surface area contributed by atoms with Gasteiger partial charge in [0, 0.05) is 19.0 Å². The number of rotatable bonds is 3. The summed E-state index contributed by atoms with van der Waals surface area (Å²) < 4.78 is 51.8. The van der Waals surface area contributed by atoms with Crippen LogP contribution in [0.3, 0.4) is 0 Å². The first kappa shape index (κ1) is 16.7. The van der Waals surface area contributed by atoms with Gasteiger partial charge in [-0.25, -0.2) is 4.39 Å². The highest BCUT2D eigenvalue weighted by Gasteiger charge is 2.47. The van der Waals surface area contributed by atoms with E-state index in [0.29, 0.717) is 5.56 Å². The molecule has 0 spiro atoms. The number of alkyl halides is 3. The molecule has 1 fully saturated rings. The van der Waals surface area contributed by atoms with Crippen molar-refractivity contribution in [1.82, 2.24) is 4.90 Å². The molecule has 1 amide bonds. The zero-order valence-corrected chi connectivity index (χ0v) is 11.9. The quantitative estimate of drug-likeness (QED) is 0.871. The maximum atomic E-state index is 13.0. The molecule has 0 radical (unpaired) electrons. The van der Waals surface area contributed by atoms with Gasteiger partial charge < -0.3 is 10.6 Å². The van der Waals surface area contributed by atoms with E-state index in [1.807, 2.05) is 0 Å². The van der Waals surface area contributed by atoms with Crippen LogP contribution in [0.2, 0.25) is 0 Å². The molecule has 7 heteroatoms. The second-order valence-electron chi connectivity index (χ2n) is 5.57. The molecule has 0 bridgehead atoms. The van der Waals surface area contributed by atoms with E-state index in [4.69, 9.17) is 5.73 Å². The van der Waals surface area contributed by atoms with Crippen LogP contribution < -0.4 is 5.73 Å². The van der Waals surface area contributed by atoms with Gasteiger partial charge in [0.1, 0.15) is 11.9 Å². The Balaban J connectivity index is 2.00. The van der Waals surface area contributed by atoms with Gasteiger partial charge in [0.25, 0.3) is 0 Å². The summed E-state index contributed by atoms with van der Waals surface area (Å²) in [6, 6.07) is 3.38. The summed E-state index contributed by atoms with van der Waals surface area (Å²) in [7, 11) is 0. The Morgan fingerprint density at radius 3 is 2.45 bits per heavy atom. The first-order valence-corrected chi connectivity index (χ1v) is 7.13. The van der Waals surface area contributed by atoms with Crippen molar-refractivity contribution in [2.24, 2.45) is 5.73 Å². The lowest BCUT2D eigenvalue weighted by Crippen LogP contribution is -2.56. The van der Waals surface area contributed by atoms with Crippen LogP contribution in [0.25, 0.3) is 0 Å². The molecule has 2 N–H and O–H groups in total. The van der Waals surface area contributed by atoms with E-state index >= 15 is 0 Å². The molecule has 2 rings (SSSR count). The minimum Gasteiger partial charge on any atom is -0.329 e. The van der Waals surface area contributed by atoms with E-state index in [1.165, 1.54) is 24.3 Å². The fraction of sp³-hybridized carbons (Fsp3) is 0.533. The van der Waals surface area contributed by atoms with E-state index in [1.54, 1.807) is 0 Å². The minimum absolute atomic E-state index is 0.0507. The third kappa shape index (κ3) is 4.19. The Hall–Kier alpha value is -1.63. The predicted octanol–water partition coefficient (Wildman–Crippen LogP) is 2.64. The standard InChI is InChI=1S/C15H18F4N2O/c16-11-4-1-10(2-5-11)3-8-14(22)21-9-12(20)6-7-13(21)15(17,18)19/h1-2,4-5,12-13H,3,6-9,20H2. The van der Waals surface area contributed by atoms with Crippen LogP contribution in [-0.2, 0) is 11.2 Å². The van der Waals surface area contributed by atoms with Gasteiger partial charge >= 0.3 is 6.18 Å². The normalized spacial score (nSPS) is 22.7. The van der Waals surface area contributed by atoms with Gasteiger partial charge in [-0.1, -0.05) is 12.1 Å². The highest BCUT2D eigenvalue weighted by Crippen LogP contribution is 2.32. The van der Waals surface area contributed by atoms with E-state index in [2.05, 4.69) is 0 Å². The summed E-state index contributed by atoms with van der Waals surface area (Å²) >= 11 is 0. The van der Waals surface area contributed by atoms with Crippen LogP contribution in [0.1, 0.15) is 24.8 Å². The molecule has 2 unspecified atom stereocenters. The van der Waals surface area contributed by atoms with Crippen molar-refractivity contribution in [3.63, 3.8) is 0 Å². The Morgan fingerprint density at radius 2 is 1.86 bits per heavy atom. The molecule has 1 aromatic rings. The van der Waals surface area contributed by atoms with E-state index in [9.17, 15) is 22.4 Å². The molecule has 3 nitrogen and oxygen atoms in total. The van der Waals surface area contributed by atoms with Gasteiger partial charge in [-0.3, -0.25) is 4.79 Å². The number of hydrogen-bond donors (Lipinski definition) is 1. The average Bonchev–Trinajstić information content (AvgIpc) is 2.45. The number of benzene rings is 1. The zero-order valence-electron chi connectivity index (χ0n) is 11.9. The summed E-state index contributed by atoms with van der Waals surface area (Å²) in [6.07, 6.45) is -4.12. The van der Waals surface area contributed by atoms with Crippen molar-refractivity contribution in [2.75, 3.05) is 6.54 Å². The second-order valence-corrected chi connectivity index (χ2v) is 5.57. The van der Waals surface area contributed by atoms with Gasteiger partial charge in [0.2, 0.25) is 5.91 Å². The molecule has 1 aliphatic rings. The van der Waals surface area contributed by atoms with Crippen LogP contribution in [0, 0.1) is 5.82 Å². The van der Waals surface area contributed by atoms with Crippen molar-refractivity contribution >= 4 is 5.91 Å². The summed E-state index contributed by atoms with van der Waals surface area (Å²) in [4.78, 5) is 13.0. The molecule has 1 aliphatic heterocycles. The first-order chi connectivity index (χ1) is 10.3. The number of carbonyl (C=O) groups is 1. The molecule has 0 saturated carbocycles. The van der Waals surface area contributed by atoms with E-state index < -0.39 is 30.0 Å². The van der Waals surface area contributed by atoms with Gasteiger partial charge in [0.15, 0.2) is 0 Å². The fourth-order valence-corrected chi connectivity index (χ4v) is 2.66. The Bertz CT molecular complexity index is 515. The van der Waals surface area contributed by atoms with Crippen LogP contribution in [0.5, 0.6) is 0 Å². The van der Waals surface area contributed by atoms with Crippen molar-refractivity contribution in [1.29, 1.82) is 0 Å². The summed E-state index contributed by atoms with van der Waals surface area (Å²) in [5.74, 6) is -0.962. The van der Waals surface area contributed by atoms with Crippen molar-refractivity contribution in [3.05, 3.63) is 35.6 Å². The van der Waals surface area contributed by atoms with Crippen molar-refractivity contribution in [3.8, 4) is 0 Å². The van der Waals surface area contributed by atoms with Gasteiger partial charge in [-0.2, -0.15) is 13.2 Å². The molecule has 0 aromatic heterocycles. The number of nitrogens with two attached hydrogens (primary N) is 1. The maximum Gasteiger partial charge on any atom is 0.408 e. The van der Waals surface area contributed by atoms with Crippen LogP contribution in [0.15, 0.2) is 24.3 Å². The highest BCUT2D eigenvalue weighted by molar-refractivity contribution is 5.77. The zero-order chi connectivity index (χ0) is 16.3. The number of piperidine rings is 1. The fourth-order valence-electron chi connectivity index (χ4n) is 2.66. The number of halogens is 4. The molecule has 122 valence electrons. The molecule has 0 aliphatic carbocycles. The maximum absolute atomic E-state index is 13.0. The number of hydrogen-bond acceptors (Lipinski definition) is 2. The molecule has 1 saturated heterocycles. The number of aryl methyl sites for hydroxylation is 1. The van der Waals surface area contributed by atoms with Gasteiger partial charge in [0.05, 0.1) is 0 Å². The topological polar surface area (TPSA) is 46.3 Å². The van der Waals surface area contributed by atoms with Crippen LogP contribution in [0.4, 0.5) is 17.6 Å². The lowest BCUT2D eigenvalue weighted by molar-refractivity contribution is -0.196. The monoisotopic (exact) mass is 318 g/mol. The lowest BCUT2D eigenvalue weighted by atomic mass is 9.97. The SMILES string of the molecule is NC1CCC(C(F)(F)F)N(C(=O)CCc2ccc(F)cc2)C1. The van der Waals surface area contributed by atoms with E-state index in [-0.39, 0.29) is 32.2 Å². The number of likely N-dealkylation sites (tertiary alicyclic amines) is 1. The largest absolute Gasteiger partial charge is 0.408 e. The molecule has 2 atom stereocenters. The molecule has 22 heavy (non-hydrogen) atoms. The van der Waals surface area contributed by atoms with Crippen molar-refractivity contribution in [2.45, 2.75) is 43.9 Å². The first-order valence-electron chi connectivity index (χ1n) is 7.13. The third-order valence-electron chi connectivity index (χ3n) is 3.86.